The number of benzene rings is 1. The third-order valence-corrected chi connectivity index (χ3v) is 9.87. The average molecular weight is 709 g/mol. The maximum absolute atomic E-state index is 14.2. The Hall–Kier alpha value is -4.80. The molecule has 1 amide bonds. The van der Waals surface area contributed by atoms with Gasteiger partial charge in [0.25, 0.3) is 0 Å². The number of carbonyl (C=O) groups is 2. The molecule has 0 radical (unpaired) electrons. The minimum absolute atomic E-state index is 0.0448. The van der Waals surface area contributed by atoms with Crippen LogP contribution >= 0.6 is 0 Å². The third-order valence-electron chi connectivity index (χ3n) is 9.87. The summed E-state index contributed by atoms with van der Waals surface area (Å²) in [5, 5.41) is 19.8. The van der Waals surface area contributed by atoms with Gasteiger partial charge < -0.3 is 15.1 Å². The fourth-order valence-corrected chi connectivity index (χ4v) is 6.58. The lowest BCUT2D eigenvalue weighted by molar-refractivity contribution is -0.121. The zero-order chi connectivity index (χ0) is 37.2. The normalized spacial score (nSPS) is 16.2. The van der Waals surface area contributed by atoms with Crippen molar-refractivity contribution in [1.82, 2.24) is 30.7 Å². The first-order valence-corrected chi connectivity index (χ1v) is 18.6. The second-order valence-electron chi connectivity index (χ2n) is 14.8. The van der Waals surface area contributed by atoms with Gasteiger partial charge in [0.15, 0.2) is 11.6 Å². The second kappa shape index (κ2) is 18.1. The van der Waals surface area contributed by atoms with Gasteiger partial charge in [-0.2, -0.15) is 10.2 Å². The highest BCUT2D eigenvalue weighted by molar-refractivity contribution is 5.81. The van der Waals surface area contributed by atoms with Gasteiger partial charge in [-0.15, -0.1) is 10.2 Å². The Labute approximate surface area is 307 Å². The van der Waals surface area contributed by atoms with Gasteiger partial charge in [0.05, 0.1) is 17.8 Å². The quantitative estimate of drug-likeness (QED) is 0.182. The number of anilines is 2. The summed E-state index contributed by atoms with van der Waals surface area (Å²) >= 11 is 0. The first kappa shape index (κ1) is 38.4. The van der Waals surface area contributed by atoms with Crippen molar-refractivity contribution in [3.8, 4) is 0 Å². The molecule has 1 aromatic carbocycles. The van der Waals surface area contributed by atoms with Crippen LogP contribution in [0.15, 0.2) is 60.8 Å². The van der Waals surface area contributed by atoms with Crippen molar-refractivity contribution in [1.29, 1.82) is 0 Å². The van der Waals surface area contributed by atoms with Crippen molar-refractivity contribution in [3.05, 3.63) is 100 Å². The van der Waals surface area contributed by atoms with Gasteiger partial charge in [0.2, 0.25) is 5.91 Å². The van der Waals surface area contributed by atoms with Gasteiger partial charge in [0, 0.05) is 57.0 Å². The molecule has 6 rings (SSSR count). The highest BCUT2D eigenvalue weighted by atomic mass is 19.1. The number of carbonyl (C=O) groups excluding carboxylic acids is 2. The molecule has 0 bridgehead atoms. The molecule has 52 heavy (non-hydrogen) atoms. The van der Waals surface area contributed by atoms with Crippen LogP contribution < -0.4 is 15.1 Å². The van der Waals surface area contributed by atoms with E-state index in [9.17, 15) is 14.0 Å². The van der Waals surface area contributed by atoms with Crippen LogP contribution in [0.3, 0.4) is 0 Å². The van der Waals surface area contributed by atoms with Gasteiger partial charge in [-0.1, -0.05) is 45.9 Å². The molecule has 4 aromatic rings. The van der Waals surface area contributed by atoms with Crippen molar-refractivity contribution >= 4 is 23.3 Å². The number of Topliss-reactive ketones (excluding diaryl/α,β-unsaturated/α-hetero) is 1. The summed E-state index contributed by atoms with van der Waals surface area (Å²) in [6.45, 7) is 15.6. The number of nitrogens with zero attached hydrogens (tertiary/aromatic N) is 7. The Morgan fingerprint density at radius 3 is 1.94 bits per heavy atom. The lowest BCUT2D eigenvalue weighted by Gasteiger charge is -2.32. The zero-order valence-electron chi connectivity index (χ0n) is 31.5. The smallest absolute Gasteiger partial charge is 0.226 e. The van der Waals surface area contributed by atoms with Crippen molar-refractivity contribution in [2.45, 2.75) is 97.9 Å². The average Bonchev–Trinajstić information content (AvgIpc) is 3.58. The highest BCUT2D eigenvalue weighted by Gasteiger charge is 2.26. The number of nitrogens with one attached hydrogen (secondary N) is 1. The number of aromatic nitrogens is 5. The molecular formula is C41H53FN8O2. The minimum Gasteiger partial charge on any atom is -0.355 e. The molecule has 0 unspecified atom stereocenters. The summed E-state index contributed by atoms with van der Waals surface area (Å²) in [5.74, 6) is 2.68. The van der Waals surface area contributed by atoms with Crippen molar-refractivity contribution in [3.63, 3.8) is 0 Å². The third kappa shape index (κ3) is 11.1. The van der Waals surface area contributed by atoms with Crippen molar-refractivity contribution in [2.75, 3.05) is 36.0 Å². The van der Waals surface area contributed by atoms with Crippen LogP contribution in [-0.2, 0) is 22.4 Å². The monoisotopic (exact) mass is 708 g/mol. The molecule has 2 saturated heterocycles. The second-order valence-corrected chi connectivity index (χ2v) is 14.8. The molecule has 10 nitrogen and oxygen atoms in total. The number of pyridine rings is 1. The molecule has 3 aromatic heterocycles. The van der Waals surface area contributed by atoms with Gasteiger partial charge in [-0.3, -0.25) is 14.6 Å². The van der Waals surface area contributed by atoms with E-state index in [1.54, 1.807) is 12.1 Å². The SMILES string of the molecule is Cc1ccc(N2CCC(NC(=O)Cc3ccc(C(C)C)cn3)CC2)nn1.Cc1ccc(N2CC[C@H](CC(=O)Cc3ccc(C(C)C)cc3F)C2)nn1. The van der Waals surface area contributed by atoms with Crippen LogP contribution in [0.4, 0.5) is 16.0 Å². The van der Waals surface area contributed by atoms with E-state index in [0.717, 1.165) is 79.7 Å². The zero-order valence-corrected chi connectivity index (χ0v) is 31.5. The standard InChI is InChI=1S/C21H26FN3O.C20H27N5O/c1-14(2)17-5-6-18(20(22)12-17)11-19(26)10-16-8-9-25(13-16)21-7-4-15(3)23-24-21;1-14(2)16-5-6-18(21-13-16)12-20(26)22-17-8-10-25(11-9-17)19-7-4-15(3)23-24-19/h4-7,12,14,16H,8-11,13H2,1-3H3;4-7,13-14,17H,8-12H2,1-3H3,(H,22,26)/t16-;/m1./s1. The number of halogens is 1. The Morgan fingerprint density at radius 1 is 0.769 bits per heavy atom. The largest absolute Gasteiger partial charge is 0.355 e. The molecule has 5 heterocycles. The minimum atomic E-state index is -0.271. The molecular weight excluding hydrogens is 656 g/mol. The predicted octanol–water partition coefficient (Wildman–Crippen LogP) is 6.71. The lowest BCUT2D eigenvalue weighted by atomic mass is 9.95. The van der Waals surface area contributed by atoms with E-state index in [4.69, 9.17) is 0 Å². The summed E-state index contributed by atoms with van der Waals surface area (Å²) in [7, 11) is 0. The Kier molecular flexibility index (Phi) is 13.4. The maximum Gasteiger partial charge on any atom is 0.226 e. The maximum atomic E-state index is 14.2. The molecule has 2 aliphatic heterocycles. The Bertz CT molecular complexity index is 1760. The summed E-state index contributed by atoms with van der Waals surface area (Å²) in [5.41, 5.74) is 5.29. The number of aryl methyl sites for hydroxylation is 2. The van der Waals surface area contributed by atoms with E-state index in [1.165, 1.54) is 5.56 Å². The van der Waals surface area contributed by atoms with Gasteiger partial charge >= 0.3 is 0 Å². The van der Waals surface area contributed by atoms with Crippen LogP contribution in [0, 0.1) is 25.6 Å². The van der Waals surface area contributed by atoms with E-state index in [2.05, 4.69) is 60.4 Å². The van der Waals surface area contributed by atoms with Crippen molar-refractivity contribution in [2.24, 2.45) is 5.92 Å². The summed E-state index contributed by atoms with van der Waals surface area (Å²) in [6, 6.07) is 17.4. The molecule has 0 aliphatic carbocycles. The van der Waals surface area contributed by atoms with Gasteiger partial charge in [-0.25, -0.2) is 4.39 Å². The molecule has 1 N–H and O–H groups in total. The van der Waals surface area contributed by atoms with E-state index < -0.39 is 0 Å². The molecule has 1 atom stereocenters. The van der Waals surface area contributed by atoms with E-state index in [1.807, 2.05) is 70.3 Å². The van der Waals surface area contributed by atoms with Crippen LogP contribution in [0.25, 0.3) is 0 Å². The molecule has 11 heteroatoms. The highest BCUT2D eigenvalue weighted by Crippen LogP contribution is 2.26. The first-order valence-electron chi connectivity index (χ1n) is 18.6. The predicted molar refractivity (Wildman–Crippen MR) is 203 cm³/mol. The fraction of sp³-hybridized carbons (Fsp3) is 0.488. The molecule has 0 spiro atoms. The molecule has 0 saturated carbocycles. The van der Waals surface area contributed by atoms with E-state index in [-0.39, 0.29) is 35.9 Å². The summed E-state index contributed by atoms with van der Waals surface area (Å²) in [4.78, 5) is 33.5. The number of amides is 1. The summed E-state index contributed by atoms with van der Waals surface area (Å²) in [6.07, 6.45) is 5.65. The molecule has 276 valence electrons. The number of rotatable bonds is 11. The number of hydrogen-bond donors (Lipinski definition) is 1. The van der Waals surface area contributed by atoms with Crippen LogP contribution in [0.2, 0.25) is 0 Å². The van der Waals surface area contributed by atoms with Crippen LogP contribution in [-0.4, -0.2) is 69.3 Å². The first-order chi connectivity index (χ1) is 24.9. The number of hydrogen-bond acceptors (Lipinski definition) is 9. The van der Waals surface area contributed by atoms with Crippen molar-refractivity contribution < 1.29 is 14.0 Å². The van der Waals surface area contributed by atoms with Gasteiger partial charge in [-0.05, 0) is 104 Å². The fourth-order valence-electron chi connectivity index (χ4n) is 6.58. The number of ketones is 1. The lowest BCUT2D eigenvalue weighted by Crippen LogP contribution is -2.45. The van der Waals surface area contributed by atoms with E-state index >= 15 is 0 Å². The van der Waals surface area contributed by atoms with Crippen LogP contribution in [0.1, 0.15) is 99.0 Å². The molecule has 2 fully saturated rings. The van der Waals surface area contributed by atoms with Crippen LogP contribution in [0.5, 0.6) is 0 Å². The van der Waals surface area contributed by atoms with Gasteiger partial charge in [0.1, 0.15) is 11.6 Å². The Morgan fingerprint density at radius 2 is 1.38 bits per heavy atom. The summed E-state index contributed by atoms with van der Waals surface area (Å²) < 4.78 is 14.2. The Balaban J connectivity index is 0.000000201. The molecule has 2 aliphatic rings. The topological polar surface area (TPSA) is 117 Å². The van der Waals surface area contributed by atoms with E-state index in [0.29, 0.717) is 30.2 Å². The number of piperidine rings is 1.